The molecule has 0 bridgehead atoms. The maximum atomic E-state index is 6.20. The molecule has 1 N–H and O–H groups in total. The van der Waals surface area contributed by atoms with E-state index in [9.17, 15) is 0 Å². The summed E-state index contributed by atoms with van der Waals surface area (Å²) in [5, 5.41) is 3.98. The molecule has 0 saturated carbocycles. The summed E-state index contributed by atoms with van der Waals surface area (Å²) in [6, 6.07) is 27.9. The minimum absolute atomic E-state index is 0.0463. The smallest absolute Gasteiger partial charge is 0.163 e. The molecule has 3 heteroatoms. The molecule has 0 aromatic heterocycles. The molecule has 0 amide bonds. The van der Waals surface area contributed by atoms with Gasteiger partial charge in [-0.05, 0) is 41.7 Å². The molecular formula is C27H27NO2. The van der Waals surface area contributed by atoms with Gasteiger partial charge in [0.1, 0.15) is 0 Å². The molecule has 0 spiro atoms. The van der Waals surface area contributed by atoms with Crippen LogP contribution in [0.25, 0.3) is 11.1 Å². The predicted octanol–water partition coefficient (Wildman–Crippen LogP) is 5.25. The molecule has 0 radical (unpaired) electrons. The van der Waals surface area contributed by atoms with E-state index < -0.39 is 11.3 Å². The highest BCUT2D eigenvalue weighted by Crippen LogP contribution is 2.51. The first-order valence-corrected chi connectivity index (χ1v) is 10.5. The highest BCUT2D eigenvalue weighted by Gasteiger charge is 2.48. The van der Waals surface area contributed by atoms with E-state index in [0.29, 0.717) is 6.61 Å². The fourth-order valence-electron chi connectivity index (χ4n) is 4.92. The fraction of sp³-hybridized carbons (Fsp3) is 0.259. The number of benzene rings is 3. The zero-order chi connectivity index (χ0) is 20.8. The molecule has 3 aromatic carbocycles. The Morgan fingerprint density at radius 2 is 1.43 bits per heavy atom. The normalized spacial score (nSPS) is 23.4. The maximum Gasteiger partial charge on any atom is 0.163 e. The monoisotopic (exact) mass is 397 g/mol. The van der Waals surface area contributed by atoms with Crippen molar-refractivity contribution in [3.8, 4) is 11.1 Å². The van der Waals surface area contributed by atoms with E-state index in [0.717, 1.165) is 0 Å². The molecule has 0 unspecified atom stereocenters. The van der Waals surface area contributed by atoms with Gasteiger partial charge >= 0.3 is 0 Å². The van der Waals surface area contributed by atoms with Gasteiger partial charge in [-0.1, -0.05) is 84.9 Å². The Balaban J connectivity index is 1.70. The zero-order valence-corrected chi connectivity index (χ0v) is 17.5. The summed E-state index contributed by atoms with van der Waals surface area (Å²) in [4.78, 5) is 0. The molecule has 1 fully saturated rings. The van der Waals surface area contributed by atoms with Crippen molar-refractivity contribution >= 4 is 0 Å². The summed E-state index contributed by atoms with van der Waals surface area (Å²) in [6.07, 6.45) is 1.72. The van der Waals surface area contributed by atoms with Gasteiger partial charge in [0, 0.05) is 0 Å². The number of hydrogen-bond acceptors (Lipinski definition) is 3. The molecule has 5 rings (SSSR count). The average Bonchev–Trinajstić information content (AvgIpc) is 3.06. The van der Waals surface area contributed by atoms with Crippen LogP contribution in [0.1, 0.15) is 30.5 Å². The van der Waals surface area contributed by atoms with Crippen molar-refractivity contribution in [3.05, 3.63) is 108 Å². The Kier molecular flexibility index (Phi) is 4.62. The molecule has 1 aliphatic carbocycles. The Labute approximate surface area is 178 Å². The molecule has 1 aliphatic heterocycles. The van der Waals surface area contributed by atoms with E-state index in [1.54, 1.807) is 0 Å². The van der Waals surface area contributed by atoms with Gasteiger partial charge in [-0.3, -0.25) is 5.32 Å². The molecule has 1 saturated heterocycles. The quantitative estimate of drug-likeness (QED) is 0.610. The van der Waals surface area contributed by atoms with Crippen molar-refractivity contribution in [1.82, 2.24) is 5.32 Å². The van der Waals surface area contributed by atoms with E-state index in [1.807, 2.05) is 19.9 Å². The van der Waals surface area contributed by atoms with Crippen LogP contribution in [0, 0.1) is 0 Å². The van der Waals surface area contributed by atoms with Crippen molar-refractivity contribution in [1.29, 1.82) is 0 Å². The first-order valence-electron chi connectivity index (χ1n) is 10.5. The van der Waals surface area contributed by atoms with Crippen LogP contribution >= 0.6 is 0 Å². The molecule has 1 heterocycles. The summed E-state index contributed by atoms with van der Waals surface area (Å²) in [7, 11) is 0. The van der Waals surface area contributed by atoms with Crippen LogP contribution in [0.3, 0.4) is 0 Å². The average molecular weight is 398 g/mol. The summed E-state index contributed by atoms with van der Waals surface area (Å²) in [5.41, 5.74) is 5.74. The molecule has 152 valence electrons. The third-order valence-corrected chi connectivity index (χ3v) is 6.22. The number of hydrogen-bond donors (Lipinski definition) is 1. The van der Waals surface area contributed by atoms with Crippen LogP contribution in [0.5, 0.6) is 0 Å². The summed E-state index contributed by atoms with van der Waals surface area (Å²) in [5.74, 6) is -0.623. The lowest BCUT2D eigenvalue weighted by atomic mass is 9.79. The van der Waals surface area contributed by atoms with Crippen LogP contribution in [-0.2, 0) is 15.0 Å². The van der Waals surface area contributed by atoms with E-state index in [2.05, 4.69) is 90.8 Å². The minimum atomic E-state index is -0.623. The topological polar surface area (TPSA) is 30.5 Å². The summed E-state index contributed by atoms with van der Waals surface area (Å²) >= 11 is 0. The van der Waals surface area contributed by atoms with Crippen LogP contribution in [0.2, 0.25) is 0 Å². The zero-order valence-electron chi connectivity index (χ0n) is 17.5. The number of fused-ring (bicyclic) bond motifs is 3. The minimum Gasteiger partial charge on any atom is -0.349 e. The summed E-state index contributed by atoms with van der Waals surface area (Å²) in [6.45, 7) is 8.48. The first-order chi connectivity index (χ1) is 14.5. The van der Waals surface area contributed by atoms with Gasteiger partial charge < -0.3 is 9.47 Å². The molecule has 3 nitrogen and oxygen atoms in total. The van der Waals surface area contributed by atoms with Crippen molar-refractivity contribution in [2.75, 3.05) is 6.61 Å². The van der Waals surface area contributed by atoms with Gasteiger partial charge in [-0.25, -0.2) is 0 Å². The Morgan fingerprint density at radius 3 is 2.03 bits per heavy atom. The van der Waals surface area contributed by atoms with Crippen LogP contribution in [-0.4, -0.2) is 24.5 Å². The molecule has 30 heavy (non-hydrogen) atoms. The third-order valence-electron chi connectivity index (χ3n) is 6.22. The van der Waals surface area contributed by atoms with Gasteiger partial charge in [0.15, 0.2) is 5.79 Å². The largest absolute Gasteiger partial charge is 0.349 e. The van der Waals surface area contributed by atoms with Crippen molar-refractivity contribution in [3.63, 3.8) is 0 Å². The van der Waals surface area contributed by atoms with Crippen LogP contribution in [0.4, 0.5) is 0 Å². The number of rotatable bonds is 4. The van der Waals surface area contributed by atoms with Crippen molar-refractivity contribution < 1.29 is 9.47 Å². The third kappa shape index (κ3) is 2.93. The lowest BCUT2D eigenvalue weighted by Crippen LogP contribution is -2.59. The van der Waals surface area contributed by atoms with Gasteiger partial charge in [0.05, 0.1) is 24.3 Å². The number of ether oxygens (including phenoxy) is 2. The number of nitrogens with one attached hydrogen (secondary N) is 1. The SMILES string of the molecule is C=C[C@@H]1OC(C)(C)OC[C@@H]1NC1(c2ccccc2)c2ccccc2-c2ccccc21. The van der Waals surface area contributed by atoms with E-state index in [4.69, 9.17) is 9.47 Å². The predicted molar refractivity (Wildman–Crippen MR) is 120 cm³/mol. The van der Waals surface area contributed by atoms with E-state index in [-0.39, 0.29) is 12.1 Å². The van der Waals surface area contributed by atoms with Crippen molar-refractivity contribution in [2.24, 2.45) is 0 Å². The second kappa shape index (κ2) is 7.21. The highest BCUT2D eigenvalue weighted by atomic mass is 16.7. The molecule has 3 aromatic rings. The fourth-order valence-corrected chi connectivity index (χ4v) is 4.92. The second-order valence-corrected chi connectivity index (χ2v) is 8.49. The first kappa shape index (κ1) is 19.3. The standard InChI is InChI=1S/C27H27NO2/c1-4-25-24(18-29-26(2,3)30-25)28-27(19-12-6-5-7-13-19)22-16-10-8-14-20(22)21-15-9-11-17-23(21)27/h4-17,24-25,28H,1,18H2,2-3H3/t24-,25-/m0/s1. The molecular weight excluding hydrogens is 370 g/mol. The van der Waals surface area contributed by atoms with Crippen LogP contribution in [0.15, 0.2) is 91.5 Å². The highest BCUT2D eigenvalue weighted by molar-refractivity contribution is 5.83. The van der Waals surface area contributed by atoms with Gasteiger partial charge in [0.25, 0.3) is 0 Å². The molecule has 2 atom stereocenters. The van der Waals surface area contributed by atoms with E-state index >= 15 is 0 Å². The van der Waals surface area contributed by atoms with E-state index in [1.165, 1.54) is 27.8 Å². The lowest BCUT2D eigenvalue weighted by Gasteiger charge is -2.45. The van der Waals surface area contributed by atoms with Gasteiger partial charge in [0.2, 0.25) is 0 Å². The summed E-state index contributed by atoms with van der Waals surface area (Å²) < 4.78 is 12.2. The Bertz CT molecular complexity index is 1030. The van der Waals surface area contributed by atoms with Crippen LogP contribution < -0.4 is 5.32 Å². The van der Waals surface area contributed by atoms with Gasteiger partial charge in [-0.2, -0.15) is 0 Å². The Hall–Kier alpha value is -2.72. The maximum absolute atomic E-state index is 6.20. The molecule has 2 aliphatic rings. The second-order valence-electron chi connectivity index (χ2n) is 8.49. The Morgan fingerprint density at radius 1 is 0.867 bits per heavy atom. The lowest BCUT2D eigenvalue weighted by molar-refractivity contribution is -0.273. The van der Waals surface area contributed by atoms with Crippen molar-refractivity contribution in [2.45, 2.75) is 37.3 Å². The van der Waals surface area contributed by atoms with Gasteiger partial charge in [-0.15, -0.1) is 6.58 Å².